The topological polar surface area (TPSA) is 113 Å². The molecule has 1 aliphatic heterocycles. The van der Waals surface area contributed by atoms with E-state index >= 15 is 0 Å². The van der Waals surface area contributed by atoms with Gasteiger partial charge in [0.1, 0.15) is 11.7 Å². The Morgan fingerprint density at radius 2 is 1.77 bits per heavy atom. The molecule has 31 heavy (non-hydrogen) atoms. The molecule has 0 aliphatic carbocycles. The maximum atomic E-state index is 12.8. The lowest BCUT2D eigenvalue weighted by atomic mass is 10.2. The fraction of sp³-hybridized carbons (Fsp3) is 0.476. The third kappa shape index (κ3) is 4.68. The number of piperazine rings is 1. The smallest absolute Gasteiger partial charge is 0.409 e. The number of hydrogen-bond acceptors (Lipinski definition) is 6. The highest BCUT2D eigenvalue weighted by Crippen LogP contribution is 2.35. The maximum absolute atomic E-state index is 12.8. The normalized spacial score (nSPS) is 14.8. The number of amides is 3. The van der Waals surface area contributed by atoms with Gasteiger partial charge in [-0.15, -0.1) is 0 Å². The average molecular weight is 432 g/mol. The first kappa shape index (κ1) is 22.3. The summed E-state index contributed by atoms with van der Waals surface area (Å²) in [5, 5.41) is 3.45. The average Bonchev–Trinajstić information content (AvgIpc) is 3.22. The summed E-state index contributed by atoms with van der Waals surface area (Å²) in [7, 11) is 3.08. The number of H-pyrrole nitrogens is 1. The molecule has 0 spiro atoms. The molecule has 1 fully saturated rings. The molecule has 2 heterocycles. The molecule has 2 N–H and O–H groups in total. The molecule has 10 nitrogen and oxygen atoms in total. The van der Waals surface area contributed by atoms with Gasteiger partial charge in [0.2, 0.25) is 5.91 Å². The summed E-state index contributed by atoms with van der Waals surface area (Å²) in [6.07, 6.45) is -0.373. The van der Waals surface area contributed by atoms with Crippen molar-refractivity contribution in [2.75, 3.05) is 47.0 Å². The van der Waals surface area contributed by atoms with Crippen molar-refractivity contribution >= 4 is 28.8 Å². The molecular weight excluding hydrogens is 404 g/mol. The number of hydrogen-bond donors (Lipinski definition) is 2. The molecule has 3 rings (SSSR count). The highest BCUT2D eigenvalue weighted by molar-refractivity contribution is 6.02. The standard InChI is InChI=1S/C21H28N4O6/c1-5-31-21(28)25-10-8-24(9-11-25)20(27)13(2)22-19(26)16-12-14-15(23-16)6-7-17(29-3)18(14)30-4/h6-7,12-13,23H,5,8-11H2,1-4H3,(H,22,26)/t13-/m0/s1. The number of aromatic amines is 1. The zero-order valence-corrected chi connectivity index (χ0v) is 18.2. The van der Waals surface area contributed by atoms with Gasteiger partial charge in [0.05, 0.1) is 26.3 Å². The van der Waals surface area contributed by atoms with E-state index in [2.05, 4.69) is 10.3 Å². The molecule has 0 radical (unpaired) electrons. The Hall–Kier alpha value is -3.43. The number of nitrogens with one attached hydrogen (secondary N) is 2. The van der Waals surface area contributed by atoms with Crippen LogP contribution in [0.15, 0.2) is 18.2 Å². The van der Waals surface area contributed by atoms with Gasteiger partial charge in [-0.05, 0) is 32.0 Å². The molecule has 168 valence electrons. The summed E-state index contributed by atoms with van der Waals surface area (Å²) in [5.74, 6) is 0.487. The molecule has 2 aromatic rings. The minimum Gasteiger partial charge on any atom is -0.493 e. The summed E-state index contributed by atoms with van der Waals surface area (Å²) >= 11 is 0. The van der Waals surface area contributed by atoms with Crippen molar-refractivity contribution in [2.24, 2.45) is 0 Å². The van der Waals surface area contributed by atoms with Gasteiger partial charge in [-0.25, -0.2) is 4.79 Å². The number of nitrogens with zero attached hydrogens (tertiary/aromatic N) is 2. The second kappa shape index (κ2) is 9.59. The van der Waals surface area contributed by atoms with E-state index in [0.717, 1.165) is 5.52 Å². The lowest BCUT2D eigenvalue weighted by Crippen LogP contribution is -2.55. The first-order valence-corrected chi connectivity index (χ1v) is 10.1. The van der Waals surface area contributed by atoms with Crippen molar-refractivity contribution in [3.8, 4) is 11.5 Å². The van der Waals surface area contributed by atoms with Crippen molar-refractivity contribution in [1.82, 2.24) is 20.1 Å². The van der Waals surface area contributed by atoms with Crippen molar-refractivity contribution < 1.29 is 28.6 Å². The monoisotopic (exact) mass is 432 g/mol. The molecule has 10 heteroatoms. The number of benzene rings is 1. The van der Waals surface area contributed by atoms with Gasteiger partial charge in [-0.1, -0.05) is 0 Å². The zero-order valence-electron chi connectivity index (χ0n) is 18.2. The Morgan fingerprint density at radius 1 is 1.10 bits per heavy atom. The second-order valence-electron chi connectivity index (χ2n) is 7.15. The second-order valence-corrected chi connectivity index (χ2v) is 7.15. The summed E-state index contributed by atoms with van der Waals surface area (Å²) in [6, 6.07) is 4.50. The van der Waals surface area contributed by atoms with Gasteiger partial charge < -0.3 is 34.3 Å². The minimum absolute atomic E-state index is 0.202. The number of carbonyl (C=O) groups is 3. The van der Waals surface area contributed by atoms with E-state index in [1.165, 1.54) is 7.11 Å². The largest absolute Gasteiger partial charge is 0.493 e. The minimum atomic E-state index is -0.718. The first-order valence-electron chi connectivity index (χ1n) is 10.1. The number of methoxy groups -OCH3 is 2. The van der Waals surface area contributed by atoms with E-state index in [0.29, 0.717) is 55.4 Å². The van der Waals surface area contributed by atoms with Crippen LogP contribution in [0.4, 0.5) is 4.79 Å². The lowest BCUT2D eigenvalue weighted by Gasteiger charge is -2.35. The maximum Gasteiger partial charge on any atom is 0.409 e. The van der Waals surface area contributed by atoms with Gasteiger partial charge in [0, 0.05) is 31.6 Å². The van der Waals surface area contributed by atoms with Crippen LogP contribution in [0.1, 0.15) is 24.3 Å². The zero-order chi connectivity index (χ0) is 22.5. The van der Waals surface area contributed by atoms with E-state index in [9.17, 15) is 14.4 Å². The van der Waals surface area contributed by atoms with Crippen LogP contribution in [-0.2, 0) is 9.53 Å². The fourth-order valence-electron chi connectivity index (χ4n) is 3.59. The predicted octanol–water partition coefficient (Wildman–Crippen LogP) is 1.60. The number of carbonyl (C=O) groups excluding carboxylic acids is 3. The van der Waals surface area contributed by atoms with Crippen molar-refractivity contribution in [3.05, 3.63) is 23.9 Å². The molecule has 0 unspecified atom stereocenters. The van der Waals surface area contributed by atoms with Gasteiger partial charge in [0.15, 0.2) is 11.5 Å². The Kier molecular flexibility index (Phi) is 6.88. The number of rotatable bonds is 6. The quantitative estimate of drug-likeness (QED) is 0.717. The SMILES string of the molecule is CCOC(=O)N1CCN(C(=O)[C@H](C)NC(=O)c2cc3c(OC)c(OC)ccc3[nH]2)CC1. The molecule has 1 aromatic carbocycles. The molecule has 0 bridgehead atoms. The van der Waals surface area contributed by atoms with Crippen LogP contribution in [0.3, 0.4) is 0 Å². The molecular formula is C21H28N4O6. The first-order chi connectivity index (χ1) is 14.9. The number of aromatic nitrogens is 1. The highest BCUT2D eigenvalue weighted by atomic mass is 16.6. The Morgan fingerprint density at radius 3 is 2.39 bits per heavy atom. The summed E-state index contributed by atoms with van der Waals surface area (Å²) in [6.45, 7) is 5.28. The molecule has 1 atom stereocenters. The van der Waals surface area contributed by atoms with Crippen LogP contribution < -0.4 is 14.8 Å². The van der Waals surface area contributed by atoms with E-state index in [-0.39, 0.29) is 12.0 Å². The van der Waals surface area contributed by atoms with Crippen LogP contribution in [0, 0.1) is 0 Å². The van der Waals surface area contributed by atoms with Gasteiger partial charge >= 0.3 is 6.09 Å². The number of ether oxygens (including phenoxy) is 3. The third-order valence-electron chi connectivity index (χ3n) is 5.22. The summed E-state index contributed by atoms with van der Waals surface area (Å²) < 4.78 is 15.7. The van der Waals surface area contributed by atoms with Gasteiger partial charge in [0.25, 0.3) is 5.91 Å². The van der Waals surface area contributed by atoms with E-state index in [1.807, 2.05) is 0 Å². The molecule has 3 amide bonds. The highest BCUT2D eigenvalue weighted by Gasteiger charge is 2.28. The van der Waals surface area contributed by atoms with Crippen LogP contribution in [0.25, 0.3) is 10.9 Å². The predicted molar refractivity (Wildman–Crippen MR) is 114 cm³/mol. The molecule has 1 aromatic heterocycles. The van der Waals surface area contributed by atoms with E-state index < -0.39 is 11.9 Å². The molecule has 0 saturated carbocycles. The Labute approximate surface area is 180 Å². The lowest BCUT2D eigenvalue weighted by molar-refractivity contribution is -0.134. The van der Waals surface area contributed by atoms with Gasteiger partial charge in [-0.2, -0.15) is 0 Å². The summed E-state index contributed by atoms with van der Waals surface area (Å²) in [5.41, 5.74) is 1.03. The van der Waals surface area contributed by atoms with Crippen LogP contribution in [0.2, 0.25) is 0 Å². The Balaban J connectivity index is 1.63. The van der Waals surface area contributed by atoms with Crippen LogP contribution in [0.5, 0.6) is 11.5 Å². The van der Waals surface area contributed by atoms with Crippen LogP contribution >= 0.6 is 0 Å². The molecule has 1 saturated heterocycles. The van der Waals surface area contributed by atoms with E-state index in [1.54, 1.807) is 49.0 Å². The number of fused-ring (bicyclic) bond motifs is 1. The third-order valence-corrected chi connectivity index (χ3v) is 5.22. The van der Waals surface area contributed by atoms with Crippen molar-refractivity contribution in [1.29, 1.82) is 0 Å². The van der Waals surface area contributed by atoms with E-state index in [4.69, 9.17) is 14.2 Å². The Bertz CT molecular complexity index is 964. The fourth-order valence-corrected chi connectivity index (χ4v) is 3.59. The van der Waals surface area contributed by atoms with Crippen molar-refractivity contribution in [3.63, 3.8) is 0 Å². The summed E-state index contributed by atoms with van der Waals surface area (Å²) in [4.78, 5) is 43.5. The van der Waals surface area contributed by atoms with Crippen LogP contribution in [-0.4, -0.2) is 85.7 Å². The van der Waals surface area contributed by atoms with Crippen molar-refractivity contribution in [2.45, 2.75) is 19.9 Å². The molecule has 1 aliphatic rings. The van der Waals surface area contributed by atoms with Gasteiger partial charge in [-0.3, -0.25) is 9.59 Å².